The van der Waals surface area contributed by atoms with Crippen molar-refractivity contribution in [1.29, 1.82) is 5.26 Å². The maximum absolute atomic E-state index is 8.24. The van der Waals surface area contributed by atoms with Gasteiger partial charge in [0.25, 0.3) is 9.03 Å². The Morgan fingerprint density at radius 2 is 2.27 bits per heavy atom. The molecule has 0 N–H and O–H groups in total. The van der Waals surface area contributed by atoms with Crippen LogP contribution < -0.4 is 0 Å². The van der Waals surface area contributed by atoms with E-state index in [4.69, 9.17) is 18.7 Å². The molecule has 5 heteroatoms. The SMILES string of the molecule is N#CCCO[PH2+]OCCCc1ccoc1. The Bertz CT molecular complexity index is 281. The number of hydrogen-bond acceptors (Lipinski definition) is 4. The predicted molar refractivity (Wildman–Crippen MR) is 58.9 cm³/mol. The van der Waals surface area contributed by atoms with Crippen molar-refractivity contribution < 1.29 is 13.5 Å². The number of aryl methyl sites for hydroxylation is 1. The van der Waals surface area contributed by atoms with Gasteiger partial charge in [-0.05, 0) is 24.5 Å². The summed E-state index contributed by atoms with van der Waals surface area (Å²) >= 11 is 0. The van der Waals surface area contributed by atoms with Crippen LogP contribution in [-0.4, -0.2) is 13.2 Å². The first kappa shape index (κ1) is 12.2. The van der Waals surface area contributed by atoms with Gasteiger partial charge in [-0.2, -0.15) is 5.26 Å². The zero-order valence-corrected chi connectivity index (χ0v) is 9.67. The van der Waals surface area contributed by atoms with Crippen molar-refractivity contribution in [3.05, 3.63) is 24.2 Å². The molecular weight excluding hydrogens is 213 g/mol. The highest BCUT2D eigenvalue weighted by atomic mass is 31.1. The Labute approximate surface area is 91.1 Å². The second-order valence-electron chi connectivity index (χ2n) is 2.98. The normalized spacial score (nSPS) is 10.9. The van der Waals surface area contributed by atoms with Gasteiger partial charge in [-0.3, -0.25) is 0 Å². The first-order chi connectivity index (χ1) is 7.43. The Hall–Kier alpha value is -0.880. The zero-order chi connectivity index (χ0) is 10.8. The summed E-state index contributed by atoms with van der Waals surface area (Å²) < 4.78 is 15.4. The van der Waals surface area contributed by atoms with E-state index in [2.05, 4.69) is 0 Å². The van der Waals surface area contributed by atoms with Crippen molar-refractivity contribution in [2.24, 2.45) is 0 Å². The molecule has 0 aliphatic rings. The van der Waals surface area contributed by atoms with E-state index in [0.717, 1.165) is 12.8 Å². The maximum atomic E-state index is 8.24. The van der Waals surface area contributed by atoms with E-state index in [1.54, 1.807) is 12.5 Å². The highest BCUT2D eigenvalue weighted by Crippen LogP contribution is 2.14. The molecule has 0 aliphatic carbocycles. The molecule has 82 valence electrons. The highest BCUT2D eigenvalue weighted by Gasteiger charge is 1.98. The van der Waals surface area contributed by atoms with E-state index >= 15 is 0 Å². The number of rotatable bonds is 8. The molecule has 1 unspecified atom stereocenters. The molecule has 1 aromatic heterocycles. The van der Waals surface area contributed by atoms with Crippen molar-refractivity contribution in [2.45, 2.75) is 19.3 Å². The molecule has 4 nitrogen and oxygen atoms in total. The van der Waals surface area contributed by atoms with Gasteiger partial charge < -0.3 is 4.42 Å². The topological polar surface area (TPSA) is 55.4 Å². The van der Waals surface area contributed by atoms with Crippen molar-refractivity contribution in [3.8, 4) is 6.07 Å². The summed E-state index contributed by atoms with van der Waals surface area (Å²) in [5, 5.41) is 8.24. The van der Waals surface area contributed by atoms with Gasteiger partial charge in [-0.25, -0.2) is 9.05 Å². The zero-order valence-electron chi connectivity index (χ0n) is 8.52. The van der Waals surface area contributed by atoms with E-state index in [-0.39, 0.29) is 0 Å². The third-order valence-corrected chi connectivity index (χ3v) is 2.52. The number of furan rings is 1. The number of nitrogens with zero attached hydrogens (tertiary/aromatic N) is 1. The van der Waals surface area contributed by atoms with Gasteiger partial charge in [0.2, 0.25) is 0 Å². The fourth-order valence-electron chi connectivity index (χ4n) is 1.04. The van der Waals surface area contributed by atoms with E-state index in [1.807, 2.05) is 12.1 Å². The quantitative estimate of drug-likeness (QED) is 0.506. The van der Waals surface area contributed by atoms with Crippen LogP contribution in [0.25, 0.3) is 0 Å². The minimum atomic E-state index is -0.414. The van der Waals surface area contributed by atoms with Crippen LogP contribution in [0.1, 0.15) is 18.4 Å². The van der Waals surface area contributed by atoms with E-state index in [1.165, 1.54) is 5.56 Å². The van der Waals surface area contributed by atoms with Crippen LogP contribution in [0.4, 0.5) is 0 Å². The third-order valence-electron chi connectivity index (χ3n) is 1.78. The van der Waals surface area contributed by atoms with Gasteiger partial charge in [-0.1, -0.05) is 0 Å². The predicted octanol–water partition coefficient (Wildman–Crippen LogP) is 2.40. The van der Waals surface area contributed by atoms with Crippen LogP contribution >= 0.6 is 9.03 Å². The van der Waals surface area contributed by atoms with Crippen LogP contribution in [-0.2, 0) is 15.5 Å². The molecule has 0 aliphatic heterocycles. The summed E-state index contributed by atoms with van der Waals surface area (Å²) in [6.07, 6.45) is 5.79. The molecule has 0 amide bonds. The summed E-state index contributed by atoms with van der Waals surface area (Å²) in [6.45, 7) is 1.18. The second kappa shape index (κ2) is 8.43. The van der Waals surface area contributed by atoms with Crippen LogP contribution in [0.15, 0.2) is 23.0 Å². The maximum Gasteiger partial charge on any atom is 0.251 e. The molecule has 0 spiro atoms. The molecular formula is C10H15NO3P+. The van der Waals surface area contributed by atoms with Gasteiger partial charge in [0.05, 0.1) is 31.6 Å². The number of nitriles is 1. The average molecular weight is 228 g/mol. The fraction of sp³-hybridized carbons (Fsp3) is 0.500. The van der Waals surface area contributed by atoms with E-state index in [0.29, 0.717) is 19.6 Å². The lowest BCUT2D eigenvalue weighted by molar-refractivity contribution is 0.268. The van der Waals surface area contributed by atoms with Gasteiger partial charge in [-0.15, -0.1) is 0 Å². The number of hydrogen-bond donors (Lipinski definition) is 0. The third kappa shape index (κ3) is 6.24. The van der Waals surface area contributed by atoms with Crippen LogP contribution in [0.5, 0.6) is 0 Å². The minimum absolute atomic E-state index is 0.414. The summed E-state index contributed by atoms with van der Waals surface area (Å²) in [4.78, 5) is 0. The summed E-state index contributed by atoms with van der Waals surface area (Å²) in [5.41, 5.74) is 1.19. The van der Waals surface area contributed by atoms with Crippen LogP contribution in [0.2, 0.25) is 0 Å². The van der Waals surface area contributed by atoms with Gasteiger partial charge in [0.1, 0.15) is 6.61 Å². The first-order valence-corrected chi connectivity index (χ1v) is 5.80. The van der Waals surface area contributed by atoms with Crippen LogP contribution in [0, 0.1) is 11.3 Å². The fourth-order valence-corrected chi connectivity index (χ4v) is 1.62. The van der Waals surface area contributed by atoms with Gasteiger partial charge in [0.15, 0.2) is 0 Å². The lowest BCUT2D eigenvalue weighted by Crippen LogP contribution is -1.91. The Balaban J connectivity index is 1.84. The second-order valence-corrected chi connectivity index (χ2v) is 3.84. The molecule has 1 aromatic rings. The molecule has 1 rings (SSSR count). The Kier molecular flexibility index (Phi) is 6.85. The Morgan fingerprint density at radius 1 is 1.40 bits per heavy atom. The monoisotopic (exact) mass is 228 g/mol. The van der Waals surface area contributed by atoms with E-state index in [9.17, 15) is 0 Å². The van der Waals surface area contributed by atoms with Crippen molar-refractivity contribution >= 4 is 9.03 Å². The van der Waals surface area contributed by atoms with Gasteiger partial charge >= 0.3 is 0 Å². The lowest BCUT2D eigenvalue weighted by atomic mass is 10.2. The lowest BCUT2D eigenvalue weighted by Gasteiger charge is -1.96. The standard InChI is InChI=1S/C10H15NO3P/c11-5-2-7-14-15-13-6-1-3-10-4-8-12-9-10/h4,8-9H,1-3,6-7,15H2/q+1. The molecule has 0 aromatic carbocycles. The largest absolute Gasteiger partial charge is 0.472 e. The molecule has 0 radical (unpaired) electrons. The molecule has 0 bridgehead atoms. The van der Waals surface area contributed by atoms with Gasteiger partial charge in [0, 0.05) is 0 Å². The summed E-state index contributed by atoms with van der Waals surface area (Å²) in [6, 6.07) is 3.97. The molecule has 15 heavy (non-hydrogen) atoms. The minimum Gasteiger partial charge on any atom is -0.472 e. The smallest absolute Gasteiger partial charge is 0.251 e. The van der Waals surface area contributed by atoms with Crippen molar-refractivity contribution in [1.82, 2.24) is 0 Å². The van der Waals surface area contributed by atoms with Crippen LogP contribution in [0.3, 0.4) is 0 Å². The van der Waals surface area contributed by atoms with Crippen molar-refractivity contribution in [3.63, 3.8) is 0 Å². The highest BCUT2D eigenvalue weighted by molar-refractivity contribution is 7.26. The van der Waals surface area contributed by atoms with Crippen molar-refractivity contribution in [2.75, 3.05) is 13.2 Å². The molecule has 0 saturated heterocycles. The molecule has 0 saturated carbocycles. The average Bonchev–Trinajstić information content (AvgIpc) is 2.75. The first-order valence-electron chi connectivity index (χ1n) is 4.86. The summed E-state index contributed by atoms with van der Waals surface area (Å²) in [7, 11) is -0.414. The summed E-state index contributed by atoms with van der Waals surface area (Å²) in [5.74, 6) is 0. The molecule has 1 heterocycles. The molecule has 1 atom stereocenters. The van der Waals surface area contributed by atoms with E-state index < -0.39 is 9.03 Å². The molecule has 0 fully saturated rings. The Morgan fingerprint density at radius 3 is 3.00 bits per heavy atom.